The molecule has 0 saturated heterocycles. The number of halogens is 3. The molecule has 2 aromatic carbocycles. The van der Waals surface area contributed by atoms with Gasteiger partial charge in [-0.15, -0.1) is 6.58 Å². The summed E-state index contributed by atoms with van der Waals surface area (Å²) in [4.78, 5) is 12.8. The summed E-state index contributed by atoms with van der Waals surface area (Å²) in [6.07, 6.45) is -2.82. The number of carbonyl (C=O) groups excluding carboxylic acids is 1. The van der Waals surface area contributed by atoms with E-state index in [1.165, 1.54) is 12.1 Å². The van der Waals surface area contributed by atoms with Crippen LogP contribution < -0.4 is 0 Å². The summed E-state index contributed by atoms with van der Waals surface area (Å²) in [5.74, 6) is -0.610. The first-order chi connectivity index (χ1) is 12.1. The lowest BCUT2D eigenvalue weighted by atomic mass is 9.80. The van der Waals surface area contributed by atoms with Crippen molar-refractivity contribution in [3.63, 3.8) is 0 Å². The highest BCUT2D eigenvalue weighted by molar-refractivity contribution is 6.01. The van der Waals surface area contributed by atoms with Crippen LogP contribution in [0.1, 0.15) is 53.7 Å². The third kappa shape index (κ3) is 4.43. The van der Waals surface area contributed by atoms with E-state index in [1.807, 2.05) is 30.3 Å². The maximum absolute atomic E-state index is 13.6. The molecule has 0 aromatic heterocycles. The van der Waals surface area contributed by atoms with Crippen LogP contribution in [-0.2, 0) is 12.6 Å². The maximum Gasteiger partial charge on any atom is 0.416 e. The topological polar surface area (TPSA) is 17.1 Å². The fourth-order valence-electron chi connectivity index (χ4n) is 2.95. The van der Waals surface area contributed by atoms with Crippen LogP contribution in [0.5, 0.6) is 0 Å². The van der Waals surface area contributed by atoms with Crippen LogP contribution in [0, 0.1) is 5.41 Å². The van der Waals surface area contributed by atoms with Crippen molar-refractivity contribution >= 4 is 5.78 Å². The number of benzene rings is 2. The fraction of sp³-hybridized carbons (Fsp3) is 0.318. The average Bonchev–Trinajstić information content (AvgIpc) is 2.58. The molecule has 1 nitrogen and oxygen atoms in total. The first-order valence-corrected chi connectivity index (χ1v) is 8.47. The zero-order chi connectivity index (χ0) is 19.5. The molecule has 0 fully saturated rings. The molecule has 0 aliphatic carbocycles. The van der Waals surface area contributed by atoms with Crippen LogP contribution in [0.3, 0.4) is 0 Å². The highest BCUT2D eigenvalue weighted by Crippen LogP contribution is 2.37. The van der Waals surface area contributed by atoms with Crippen molar-refractivity contribution < 1.29 is 18.0 Å². The molecule has 0 bridgehead atoms. The van der Waals surface area contributed by atoms with E-state index in [4.69, 9.17) is 0 Å². The Balaban J connectivity index is 2.60. The predicted octanol–water partition coefficient (Wildman–Crippen LogP) is 6.45. The Morgan fingerprint density at radius 3 is 2.15 bits per heavy atom. The van der Waals surface area contributed by atoms with Crippen molar-refractivity contribution in [1.82, 2.24) is 0 Å². The Morgan fingerprint density at radius 1 is 1.04 bits per heavy atom. The van der Waals surface area contributed by atoms with E-state index in [2.05, 4.69) is 6.58 Å². The van der Waals surface area contributed by atoms with E-state index in [0.717, 1.165) is 11.6 Å². The van der Waals surface area contributed by atoms with Gasteiger partial charge in [-0.3, -0.25) is 4.79 Å². The van der Waals surface area contributed by atoms with Gasteiger partial charge in [0.15, 0.2) is 5.78 Å². The molecule has 2 aromatic rings. The number of carbonyl (C=O) groups is 1. The minimum Gasteiger partial charge on any atom is -0.294 e. The number of alkyl halides is 3. The molecular formula is C22H23F3O. The SMILES string of the molecule is C=CC(Cc1c(C(=O)C(C)(C)C)cccc1C(F)(F)F)c1ccccc1. The van der Waals surface area contributed by atoms with Crippen LogP contribution in [-0.4, -0.2) is 5.78 Å². The van der Waals surface area contributed by atoms with Crippen molar-refractivity contribution in [2.45, 2.75) is 39.3 Å². The van der Waals surface area contributed by atoms with Gasteiger partial charge in [-0.2, -0.15) is 13.2 Å². The van der Waals surface area contributed by atoms with Crippen LogP contribution in [0.25, 0.3) is 0 Å². The number of hydrogen-bond donors (Lipinski definition) is 0. The molecule has 0 radical (unpaired) electrons. The van der Waals surface area contributed by atoms with Crippen molar-refractivity contribution in [2.75, 3.05) is 0 Å². The number of Topliss-reactive ketones (excluding diaryl/α,β-unsaturated/α-hetero) is 1. The van der Waals surface area contributed by atoms with Crippen molar-refractivity contribution in [1.29, 1.82) is 0 Å². The van der Waals surface area contributed by atoms with Crippen LogP contribution in [0.15, 0.2) is 61.2 Å². The normalized spacial score (nSPS) is 13.3. The predicted molar refractivity (Wildman–Crippen MR) is 98.3 cm³/mol. The molecule has 26 heavy (non-hydrogen) atoms. The molecule has 2 rings (SSSR count). The van der Waals surface area contributed by atoms with E-state index in [9.17, 15) is 18.0 Å². The van der Waals surface area contributed by atoms with Crippen molar-refractivity contribution in [2.24, 2.45) is 5.41 Å². The smallest absolute Gasteiger partial charge is 0.294 e. The van der Waals surface area contributed by atoms with Gasteiger partial charge in [0.1, 0.15) is 0 Å². The van der Waals surface area contributed by atoms with Crippen LogP contribution in [0.4, 0.5) is 13.2 Å². The van der Waals surface area contributed by atoms with E-state index >= 15 is 0 Å². The monoisotopic (exact) mass is 360 g/mol. The first-order valence-electron chi connectivity index (χ1n) is 8.47. The van der Waals surface area contributed by atoms with Gasteiger partial charge >= 0.3 is 6.18 Å². The molecule has 0 spiro atoms. The van der Waals surface area contributed by atoms with E-state index in [0.29, 0.717) is 0 Å². The standard InChI is InChI=1S/C22H23F3O/c1-5-15(16-10-7-6-8-11-16)14-18-17(20(26)21(2,3)4)12-9-13-19(18)22(23,24)25/h5-13,15H,1,14H2,2-4H3. The van der Waals surface area contributed by atoms with Gasteiger partial charge in [0.2, 0.25) is 0 Å². The Bertz CT molecular complexity index is 783. The van der Waals surface area contributed by atoms with Crippen LogP contribution >= 0.6 is 0 Å². The molecule has 1 atom stereocenters. The lowest BCUT2D eigenvalue weighted by Crippen LogP contribution is -2.24. The summed E-state index contributed by atoms with van der Waals surface area (Å²) in [5.41, 5.74) is -0.483. The second kappa shape index (κ2) is 7.48. The van der Waals surface area contributed by atoms with Gasteiger partial charge in [-0.05, 0) is 23.6 Å². The lowest BCUT2D eigenvalue weighted by Gasteiger charge is -2.24. The summed E-state index contributed by atoms with van der Waals surface area (Å²) in [7, 11) is 0. The van der Waals surface area contributed by atoms with Gasteiger partial charge < -0.3 is 0 Å². The molecule has 0 aliphatic rings. The highest BCUT2D eigenvalue weighted by atomic mass is 19.4. The molecule has 138 valence electrons. The summed E-state index contributed by atoms with van der Waals surface area (Å²) in [6.45, 7) is 8.91. The number of ketones is 1. The zero-order valence-corrected chi connectivity index (χ0v) is 15.2. The van der Waals surface area contributed by atoms with Crippen LogP contribution in [0.2, 0.25) is 0 Å². The molecule has 0 saturated carbocycles. The number of hydrogen-bond acceptors (Lipinski definition) is 1. The van der Waals surface area contributed by atoms with E-state index < -0.39 is 17.2 Å². The largest absolute Gasteiger partial charge is 0.416 e. The Morgan fingerprint density at radius 2 is 1.65 bits per heavy atom. The van der Waals surface area contributed by atoms with Gasteiger partial charge in [-0.1, -0.05) is 69.3 Å². The van der Waals surface area contributed by atoms with E-state index in [-0.39, 0.29) is 29.2 Å². The third-order valence-corrected chi connectivity index (χ3v) is 4.34. The summed E-state index contributed by atoms with van der Waals surface area (Å²) in [6, 6.07) is 13.1. The number of rotatable bonds is 5. The van der Waals surface area contributed by atoms with Crippen molar-refractivity contribution in [3.05, 3.63) is 83.4 Å². The fourth-order valence-corrected chi connectivity index (χ4v) is 2.95. The van der Waals surface area contributed by atoms with Crippen molar-refractivity contribution in [3.8, 4) is 0 Å². The molecule has 1 unspecified atom stereocenters. The van der Waals surface area contributed by atoms with E-state index in [1.54, 1.807) is 26.8 Å². The number of allylic oxidation sites excluding steroid dienone is 1. The Hall–Kier alpha value is -2.36. The Labute approximate surface area is 152 Å². The minimum absolute atomic E-state index is 0.0358. The molecule has 0 amide bonds. The quantitative estimate of drug-likeness (QED) is 0.442. The average molecular weight is 360 g/mol. The minimum atomic E-state index is -4.52. The van der Waals surface area contributed by atoms with Gasteiger partial charge in [0, 0.05) is 16.9 Å². The summed E-state index contributed by atoms with van der Waals surface area (Å²) < 4.78 is 40.8. The second-order valence-electron chi connectivity index (χ2n) is 7.37. The zero-order valence-electron chi connectivity index (χ0n) is 15.2. The Kier molecular flexibility index (Phi) is 5.74. The molecule has 0 heterocycles. The summed E-state index contributed by atoms with van der Waals surface area (Å²) in [5, 5.41) is 0. The second-order valence-corrected chi connectivity index (χ2v) is 7.37. The molecular weight excluding hydrogens is 337 g/mol. The molecule has 4 heteroatoms. The maximum atomic E-state index is 13.6. The summed E-state index contributed by atoms with van der Waals surface area (Å²) >= 11 is 0. The third-order valence-electron chi connectivity index (χ3n) is 4.34. The molecule has 0 aliphatic heterocycles. The highest BCUT2D eigenvalue weighted by Gasteiger charge is 2.36. The van der Waals surface area contributed by atoms with Gasteiger partial charge in [0.05, 0.1) is 5.56 Å². The lowest BCUT2D eigenvalue weighted by molar-refractivity contribution is -0.138. The first kappa shape index (κ1) is 20.0. The van der Waals surface area contributed by atoms with Gasteiger partial charge in [-0.25, -0.2) is 0 Å². The molecule has 0 N–H and O–H groups in total. The van der Waals surface area contributed by atoms with Gasteiger partial charge in [0.25, 0.3) is 0 Å².